The molecule has 1 fully saturated rings. The van der Waals surface area contributed by atoms with E-state index in [0.29, 0.717) is 19.8 Å². The van der Waals surface area contributed by atoms with E-state index in [1.165, 1.54) is 6.92 Å². The van der Waals surface area contributed by atoms with Gasteiger partial charge in [0.2, 0.25) is 5.91 Å². The second-order valence-electron chi connectivity index (χ2n) is 12.7. The molecule has 7 nitrogen and oxygen atoms in total. The number of benzene rings is 3. The van der Waals surface area contributed by atoms with Crippen LogP contribution in [0.25, 0.3) is 0 Å². The maximum absolute atomic E-state index is 12.3. The first-order valence-corrected chi connectivity index (χ1v) is 18.0. The number of amides is 1. The zero-order chi connectivity index (χ0) is 30.9. The van der Waals surface area contributed by atoms with E-state index >= 15 is 0 Å². The molecule has 1 unspecified atom stereocenters. The highest BCUT2D eigenvalue weighted by molar-refractivity contribution is 6.74. The molecule has 1 amide bonds. The number of ether oxygens (including phenoxy) is 4. The van der Waals surface area contributed by atoms with Crippen LogP contribution in [0.3, 0.4) is 0 Å². The predicted octanol–water partition coefficient (Wildman–Crippen LogP) is 6.80. The second kappa shape index (κ2) is 15.2. The largest absolute Gasteiger partial charge is 0.414 e. The third-order valence-corrected chi connectivity index (χ3v) is 12.8. The van der Waals surface area contributed by atoms with E-state index in [-0.39, 0.29) is 17.6 Å². The molecule has 4 rings (SSSR count). The van der Waals surface area contributed by atoms with Crippen LogP contribution in [0.1, 0.15) is 50.7 Å². The van der Waals surface area contributed by atoms with Crippen molar-refractivity contribution in [1.29, 1.82) is 0 Å². The van der Waals surface area contributed by atoms with E-state index in [0.717, 1.165) is 16.7 Å². The molecule has 0 aliphatic carbocycles. The van der Waals surface area contributed by atoms with Gasteiger partial charge in [0, 0.05) is 12.5 Å². The van der Waals surface area contributed by atoms with Crippen molar-refractivity contribution in [3.8, 4) is 0 Å². The van der Waals surface area contributed by atoms with Gasteiger partial charge in [0.1, 0.15) is 18.3 Å². The van der Waals surface area contributed by atoms with Gasteiger partial charge in [0.25, 0.3) is 0 Å². The molecule has 43 heavy (non-hydrogen) atoms. The Bertz CT molecular complexity index is 1250. The molecule has 0 radical (unpaired) electrons. The Hall–Kier alpha value is -2.85. The van der Waals surface area contributed by atoms with Gasteiger partial charge in [-0.2, -0.15) is 0 Å². The monoisotopic (exact) mass is 605 g/mol. The molecule has 1 aliphatic rings. The van der Waals surface area contributed by atoms with Gasteiger partial charge in [0.15, 0.2) is 14.6 Å². The van der Waals surface area contributed by atoms with Crippen molar-refractivity contribution in [3.63, 3.8) is 0 Å². The first-order chi connectivity index (χ1) is 20.5. The number of carbonyl (C=O) groups excluding carboxylic acids is 1. The molecule has 0 aromatic heterocycles. The van der Waals surface area contributed by atoms with Gasteiger partial charge in [-0.3, -0.25) is 4.79 Å². The topological polar surface area (TPSA) is 75.3 Å². The molecule has 0 saturated carbocycles. The van der Waals surface area contributed by atoms with Crippen LogP contribution in [-0.4, -0.2) is 51.8 Å². The van der Waals surface area contributed by atoms with Gasteiger partial charge in [-0.1, -0.05) is 112 Å². The number of carbonyl (C=O) groups is 1. The summed E-state index contributed by atoms with van der Waals surface area (Å²) in [6, 6.07) is 29.5. The lowest BCUT2D eigenvalue weighted by molar-refractivity contribution is -0.269. The number of rotatable bonds is 13. The zero-order valence-electron chi connectivity index (χ0n) is 26.3. The first kappa shape index (κ1) is 33.0. The Balaban J connectivity index is 1.69. The summed E-state index contributed by atoms with van der Waals surface area (Å²) in [6.07, 6.45) is -2.26. The van der Waals surface area contributed by atoms with Crippen LogP contribution in [0.15, 0.2) is 91.0 Å². The second-order valence-corrected chi connectivity index (χ2v) is 17.5. The molecular formula is C35H47NO6Si. The SMILES string of the molecule is CC(=O)N[C@@H]1COC(c2ccccc2)O[C@H]1[C@H](OCc1ccccc1)[C@@H](CO[Si](C)(C)C(C)(C)C)OCc1ccccc1. The fraction of sp³-hybridized carbons (Fsp3) is 0.457. The summed E-state index contributed by atoms with van der Waals surface area (Å²) in [7, 11) is -2.14. The van der Waals surface area contributed by atoms with Gasteiger partial charge in [-0.25, -0.2) is 0 Å². The summed E-state index contributed by atoms with van der Waals surface area (Å²) in [5.41, 5.74) is 2.98. The normalized spacial score (nSPS) is 20.7. The highest BCUT2D eigenvalue weighted by Gasteiger charge is 2.45. The summed E-state index contributed by atoms with van der Waals surface area (Å²) < 4.78 is 33.0. The quantitative estimate of drug-likeness (QED) is 0.216. The van der Waals surface area contributed by atoms with E-state index < -0.39 is 39.0 Å². The van der Waals surface area contributed by atoms with Crippen molar-refractivity contribution < 1.29 is 28.2 Å². The first-order valence-electron chi connectivity index (χ1n) is 15.1. The van der Waals surface area contributed by atoms with Crippen LogP contribution in [0, 0.1) is 0 Å². The average Bonchev–Trinajstić information content (AvgIpc) is 2.99. The molecular weight excluding hydrogens is 558 g/mol. The van der Waals surface area contributed by atoms with Gasteiger partial charge < -0.3 is 28.7 Å². The zero-order valence-corrected chi connectivity index (χ0v) is 27.3. The summed E-state index contributed by atoms with van der Waals surface area (Å²) in [4.78, 5) is 12.3. The smallest absolute Gasteiger partial charge is 0.217 e. The van der Waals surface area contributed by atoms with E-state index in [1.807, 2.05) is 91.0 Å². The van der Waals surface area contributed by atoms with E-state index in [9.17, 15) is 4.79 Å². The lowest BCUT2D eigenvalue weighted by atomic mass is 9.99. The van der Waals surface area contributed by atoms with Crippen LogP contribution in [0.5, 0.6) is 0 Å². The summed E-state index contributed by atoms with van der Waals surface area (Å²) in [6.45, 7) is 14.0. The molecule has 0 spiro atoms. The van der Waals surface area contributed by atoms with Gasteiger partial charge in [-0.05, 0) is 29.3 Å². The standard InChI is InChI=1S/C35H47NO6Si/c1-26(37)36-30-24-40-34(29-20-14-9-15-21-29)42-32(30)33(39-23-28-18-12-8-13-19-28)31(25-41-43(5,6)35(2,3)4)38-22-27-16-10-7-11-17-27/h7-21,30-34H,22-25H2,1-6H3,(H,36,37)/t30-,31-,32-,33-,34?/m1/s1. The molecule has 1 saturated heterocycles. The van der Waals surface area contributed by atoms with Crippen molar-refractivity contribution in [1.82, 2.24) is 5.32 Å². The van der Waals surface area contributed by atoms with Crippen LogP contribution in [-0.2, 0) is 41.4 Å². The molecule has 8 heteroatoms. The van der Waals surface area contributed by atoms with Crippen LogP contribution >= 0.6 is 0 Å². The van der Waals surface area contributed by atoms with Crippen molar-refractivity contribution in [3.05, 3.63) is 108 Å². The third-order valence-electron chi connectivity index (χ3n) is 8.26. The van der Waals surface area contributed by atoms with Crippen molar-refractivity contribution in [2.75, 3.05) is 13.2 Å². The molecule has 3 aromatic carbocycles. The highest BCUT2D eigenvalue weighted by Crippen LogP contribution is 2.37. The van der Waals surface area contributed by atoms with E-state index in [1.54, 1.807) is 0 Å². The summed E-state index contributed by atoms with van der Waals surface area (Å²) in [5.74, 6) is -0.165. The highest BCUT2D eigenvalue weighted by atomic mass is 28.4. The molecule has 1 heterocycles. The minimum atomic E-state index is -2.14. The number of hydrogen-bond acceptors (Lipinski definition) is 6. The van der Waals surface area contributed by atoms with Gasteiger partial charge in [0.05, 0.1) is 32.5 Å². The van der Waals surface area contributed by atoms with E-state index in [4.69, 9.17) is 23.4 Å². The number of hydrogen-bond donors (Lipinski definition) is 1. The fourth-order valence-corrected chi connectivity index (χ4v) is 5.76. The molecule has 0 bridgehead atoms. The molecule has 1 aliphatic heterocycles. The van der Waals surface area contributed by atoms with Crippen molar-refractivity contribution >= 4 is 14.2 Å². The third kappa shape index (κ3) is 9.57. The van der Waals surface area contributed by atoms with Crippen LogP contribution in [0.4, 0.5) is 0 Å². The van der Waals surface area contributed by atoms with Gasteiger partial charge >= 0.3 is 0 Å². The fourth-order valence-electron chi connectivity index (χ4n) is 4.74. The molecule has 1 N–H and O–H groups in total. The minimum absolute atomic E-state index is 0.0175. The Kier molecular flexibility index (Phi) is 11.7. The Morgan fingerprint density at radius 3 is 1.95 bits per heavy atom. The van der Waals surface area contributed by atoms with Crippen LogP contribution < -0.4 is 5.32 Å². The molecule has 3 aromatic rings. The Morgan fingerprint density at radius 2 is 1.42 bits per heavy atom. The summed E-state index contributed by atoms with van der Waals surface area (Å²) in [5, 5.41) is 3.07. The van der Waals surface area contributed by atoms with E-state index in [2.05, 4.69) is 39.2 Å². The predicted molar refractivity (Wildman–Crippen MR) is 171 cm³/mol. The molecule has 232 valence electrons. The summed E-state index contributed by atoms with van der Waals surface area (Å²) >= 11 is 0. The maximum Gasteiger partial charge on any atom is 0.217 e. The van der Waals surface area contributed by atoms with Gasteiger partial charge in [-0.15, -0.1) is 0 Å². The van der Waals surface area contributed by atoms with Crippen molar-refractivity contribution in [2.24, 2.45) is 0 Å². The number of nitrogens with one attached hydrogen (secondary N) is 1. The van der Waals surface area contributed by atoms with Crippen molar-refractivity contribution in [2.45, 2.75) is 89.7 Å². The minimum Gasteiger partial charge on any atom is -0.414 e. The Morgan fingerprint density at radius 1 is 0.884 bits per heavy atom. The lowest BCUT2D eigenvalue weighted by Gasteiger charge is -2.44. The molecule has 5 atom stereocenters. The Labute approximate surface area is 258 Å². The lowest BCUT2D eigenvalue weighted by Crippen LogP contribution is -2.60. The maximum atomic E-state index is 12.3. The van der Waals surface area contributed by atoms with Crippen LogP contribution in [0.2, 0.25) is 18.1 Å². The average molecular weight is 606 g/mol.